The number of rotatable bonds is 4. The summed E-state index contributed by atoms with van der Waals surface area (Å²) in [5, 5.41) is 2.91. The van der Waals surface area contributed by atoms with Crippen molar-refractivity contribution in [2.45, 2.75) is 19.4 Å². The molecule has 0 spiro atoms. The molecule has 1 aliphatic rings. The average Bonchev–Trinajstić information content (AvgIpc) is 2.45. The molecule has 2 amide bonds. The zero-order valence-corrected chi connectivity index (χ0v) is 14.5. The highest BCUT2D eigenvalue weighted by atomic mass is 35.5. The highest BCUT2D eigenvalue weighted by Crippen LogP contribution is 2.20. The van der Waals surface area contributed by atoms with Crippen molar-refractivity contribution in [1.82, 2.24) is 10.2 Å². The van der Waals surface area contributed by atoms with Crippen molar-refractivity contribution in [2.24, 2.45) is 5.92 Å². The first kappa shape index (κ1) is 18.0. The quantitative estimate of drug-likeness (QED) is 0.894. The van der Waals surface area contributed by atoms with E-state index < -0.39 is 15.7 Å². The van der Waals surface area contributed by atoms with E-state index in [4.69, 9.17) is 11.6 Å². The van der Waals surface area contributed by atoms with E-state index in [2.05, 4.69) is 5.32 Å². The lowest BCUT2D eigenvalue weighted by Crippen LogP contribution is -2.46. The first-order valence-corrected chi connectivity index (χ1v) is 9.83. The third-order valence-corrected chi connectivity index (χ3v) is 5.25. The maximum atomic E-state index is 13.7. The Kier molecular flexibility index (Phi) is 5.86. The van der Waals surface area contributed by atoms with E-state index in [0.717, 1.165) is 12.8 Å². The van der Waals surface area contributed by atoms with Gasteiger partial charge in [0.25, 0.3) is 0 Å². The number of carbonyl (C=O) groups is 1. The lowest BCUT2D eigenvalue weighted by Gasteiger charge is -2.32. The molecule has 23 heavy (non-hydrogen) atoms. The number of benzene rings is 1. The van der Waals surface area contributed by atoms with Crippen molar-refractivity contribution in [3.05, 3.63) is 34.6 Å². The van der Waals surface area contributed by atoms with Gasteiger partial charge in [0.2, 0.25) is 0 Å². The largest absolute Gasteiger partial charge is 0.334 e. The van der Waals surface area contributed by atoms with Gasteiger partial charge in [-0.3, -0.25) is 0 Å². The Morgan fingerprint density at radius 2 is 2.22 bits per heavy atom. The van der Waals surface area contributed by atoms with Crippen LogP contribution in [0.3, 0.4) is 0 Å². The molecule has 8 heteroatoms. The van der Waals surface area contributed by atoms with Gasteiger partial charge in [-0.05, 0) is 30.9 Å². The number of hydrogen-bond acceptors (Lipinski definition) is 3. The number of carbonyl (C=O) groups excluding carboxylic acids is 1. The van der Waals surface area contributed by atoms with E-state index >= 15 is 0 Å². The molecule has 0 radical (unpaired) electrons. The number of amides is 2. The van der Waals surface area contributed by atoms with E-state index in [1.165, 1.54) is 18.4 Å². The van der Waals surface area contributed by atoms with Gasteiger partial charge < -0.3 is 10.2 Å². The Balaban J connectivity index is 1.93. The maximum Gasteiger partial charge on any atom is 0.317 e. The van der Waals surface area contributed by atoms with E-state index in [9.17, 15) is 17.6 Å². The third-order valence-electron chi connectivity index (χ3n) is 3.82. The molecule has 1 atom stereocenters. The molecule has 2 rings (SSSR count). The van der Waals surface area contributed by atoms with Crippen molar-refractivity contribution in [3.63, 3.8) is 0 Å². The summed E-state index contributed by atoms with van der Waals surface area (Å²) >= 11 is 5.92. The smallest absolute Gasteiger partial charge is 0.317 e. The van der Waals surface area contributed by atoms with Gasteiger partial charge in [0, 0.05) is 36.5 Å². The molecular formula is C15H20ClFN2O3S. The summed E-state index contributed by atoms with van der Waals surface area (Å²) in [7, 11) is -3.06. The topological polar surface area (TPSA) is 66.5 Å². The fourth-order valence-corrected chi connectivity index (χ4v) is 4.15. The van der Waals surface area contributed by atoms with Crippen LogP contribution in [-0.2, 0) is 16.4 Å². The van der Waals surface area contributed by atoms with Gasteiger partial charge in [0.15, 0.2) is 0 Å². The molecule has 0 saturated carbocycles. The molecule has 0 bridgehead atoms. The Bertz CT molecular complexity index is 661. The molecule has 1 heterocycles. The van der Waals surface area contributed by atoms with Gasteiger partial charge in [-0.1, -0.05) is 17.7 Å². The number of nitrogens with zero attached hydrogens (tertiary/aromatic N) is 1. The van der Waals surface area contributed by atoms with Crippen molar-refractivity contribution in [3.8, 4) is 0 Å². The minimum absolute atomic E-state index is 0.00240. The van der Waals surface area contributed by atoms with Crippen LogP contribution in [0.15, 0.2) is 18.2 Å². The van der Waals surface area contributed by atoms with Gasteiger partial charge in [-0.15, -0.1) is 0 Å². The third kappa shape index (κ3) is 5.35. The number of urea groups is 1. The molecule has 0 aliphatic carbocycles. The molecule has 1 saturated heterocycles. The minimum Gasteiger partial charge on any atom is -0.334 e. The zero-order valence-electron chi connectivity index (χ0n) is 12.9. The number of hydrogen-bond donors (Lipinski definition) is 1. The van der Waals surface area contributed by atoms with Crippen LogP contribution < -0.4 is 5.32 Å². The van der Waals surface area contributed by atoms with Crippen LogP contribution in [0.4, 0.5) is 9.18 Å². The summed E-state index contributed by atoms with van der Waals surface area (Å²) < 4.78 is 36.4. The summed E-state index contributed by atoms with van der Waals surface area (Å²) in [6, 6.07) is 4.03. The molecule has 1 aromatic rings. The number of nitrogens with one attached hydrogen (secondary N) is 1. The lowest BCUT2D eigenvalue weighted by atomic mass is 10.0. The molecule has 1 N–H and O–H groups in total. The van der Waals surface area contributed by atoms with Gasteiger partial charge in [-0.25, -0.2) is 17.6 Å². The second-order valence-electron chi connectivity index (χ2n) is 5.91. The SMILES string of the molecule is CS(=O)(=O)C[C@H]1CCCN(C(=O)NCc2c(F)cccc2Cl)C1. The van der Waals surface area contributed by atoms with Crippen LogP contribution in [0.5, 0.6) is 0 Å². The van der Waals surface area contributed by atoms with Gasteiger partial charge in [0.05, 0.1) is 5.75 Å². The van der Waals surface area contributed by atoms with Crippen LogP contribution in [0.25, 0.3) is 0 Å². The number of sulfone groups is 1. The van der Waals surface area contributed by atoms with Crippen LogP contribution in [0, 0.1) is 11.7 Å². The van der Waals surface area contributed by atoms with E-state index in [1.807, 2.05) is 0 Å². The van der Waals surface area contributed by atoms with Crippen molar-refractivity contribution < 1.29 is 17.6 Å². The molecule has 1 aromatic carbocycles. The fraction of sp³-hybridized carbons (Fsp3) is 0.533. The van der Waals surface area contributed by atoms with Crippen molar-refractivity contribution in [1.29, 1.82) is 0 Å². The Hall–Kier alpha value is -1.34. The molecule has 5 nitrogen and oxygen atoms in total. The zero-order chi connectivity index (χ0) is 17.0. The molecule has 1 aliphatic heterocycles. The van der Waals surface area contributed by atoms with Crippen LogP contribution >= 0.6 is 11.6 Å². The van der Waals surface area contributed by atoms with Crippen LogP contribution in [-0.4, -0.2) is 44.4 Å². The normalized spacial score (nSPS) is 18.7. The average molecular weight is 363 g/mol. The predicted octanol–water partition coefficient (Wildman–Crippen LogP) is 2.45. The van der Waals surface area contributed by atoms with Crippen molar-refractivity contribution in [2.75, 3.05) is 25.1 Å². The van der Waals surface area contributed by atoms with Gasteiger partial charge in [-0.2, -0.15) is 0 Å². The minimum atomic E-state index is -3.06. The summed E-state index contributed by atoms with van der Waals surface area (Å²) in [4.78, 5) is 13.8. The van der Waals surface area contributed by atoms with Crippen molar-refractivity contribution >= 4 is 27.5 Å². The van der Waals surface area contributed by atoms with E-state index in [-0.39, 0.29) is 34.8 Å². The predicted molar refractivity (Wildman–Crippen MR) is 87.7 cm³/mol. The molecular weight excluding hydrogens is 343 g/mol. The first-order valence-electron chi connectivity index (χ1n) is 7.39. The Morgan fingerprint density at radius 1 is 1.48 bits per heavy atom. The van der Waals surface area contributed by atoms with E-state index in [0.29, 0.717) is 13.1 Å². The highest BCUT2D eigenvalue weighted by Gasteiger charge is 2.26. The second kappa shape index (κ2) is 7.49. The standard InChI is InChI=1S/C15H20ClFN2O3S/c1-23(21,22)10-11-4-3-7-19(9-11)15(20)18-8-12-13(16)5-2-6-14(12)17/h2,5-6,11H,3-4,7-10H2,1H3,(H,18,20)/t11-/m0/s1. The summed E-state index contributed by atoms with van der Waals surface area (Å²) in [5.41, 5.74) is 0.243. The summed E-state index contributed by atoms with van der Waals surface area (Å²) in [5.74, 6) is -0.441. The van der Waals surface area contributed by atoms with Crippen LogP contribution in [0.1, 0.15) is 18.4 Å². The highest BCUT2D eigenvalue weighted by molar-refractivity contribution is 7.90. The van der Waals surface area contributed by atoms with Crippen LogP contribution in [0.2, 0.25) is 5.02 Å². The molecule has 128 valence electrons. The Morgan fingerprint density at radius 3 is 2.87 bits per heavy atom. The monoisotopic (exact) mass is 362 g/mol. The van der Waals surface area contributed by atoms with Gasteiger partial charge in [0.1, 0.15) is 15.7 Å². The van der Waals surface area contributed by atoms with E-state index in [1.54, 1.807) is 11.0 Å². The number of likely N-dealkylation sites (tertiary alicyclic amines) is 1. The molecule has 0 aromatic heterocycles. The number of halogens is 2. The molecule has 1 fully saturated rings. The molecule has 0 unspecified atom stereocenters. The fourth-order valence-electron chi connectivity index (χ4n) is 2.79. The first-order chi connectivity index (χ1) is 10.8. The Labute approximate surface area is 140 Å². The van der Waals surface area contributed by atoms with Gasteiger partial charge >= 0.3 is 6.03 Å². The lowest BCUT2D eigenvalue weighted by molar-refractivity contribution is 0.170. The summed E-state index contributed by atoms with van der Waals surface area (Å²) in [6.07, 6.45) is 2.75. The maximum absolute atomic E-state index is 13.7. The second-order valence-corrected chi connectivity index (χ2v) is 8.50. The number of piperidine rings is 1. The summed E-state index contributed by atoms with van der Waals surface area (Å²) in [6.45, 7) is 0.957.